The van der Waals surface area contributed by atoms with E-state index in [0.29, 0.717) is 16.8 Å². The fourth-order valence-electron chi connectivity index (χ4n) is 2.07. The molecular formula is C16H21NO2S. The average molecular weight is 291 g/mol. The van der Waals surface area contributed by atoms with Crippen LogP contribution < -0.4 is 0 Å². The van der Waals surface area contributed by atoms with Crippen molar-refractivity contribution in [1.29, 1.82) is 0 Å². The molecule has 1 heterocycles. The van der Waals surface area contributed by atoms with Gasteiger partial charge in [-0.05, 0) is 36.6 Å². The Morgan fingerprint density at radius 1 is 1.55 bits per heavy atom. The summed E-state index contributed by atoms with van der Waals surface area (Å²) in [6.45, 7) is 5.01. The van der Waals surface area contributed by atoms with Crippen LogP contribution in [0, 0.1) is 17.8 Å². The summed E-state index contributed by atoms with van der Waals surface area (Å²) >= 11 is 1.44. The second kappa shape index (κ2) is 6.92. The van der Waals surface area contributed by atoms with Gasteiger partial charge in [-0.25, -0.2) is 0 Å². The van der Waals surface area contributed by atoms with E-state index in [9.17, 15) is 4.79 Å². The van der Waals surface area contributed by atoms with E-state index in [1.807, 2.05) is 16.3 Å². The number of thiophene rings is 1. The van der Waals surface area contributed by atoms with Gasteiger partial charge in [-0.1, -0.05) is 25.7 Å². The van der Waals surface area contributed by atoms with Crippen molar-refractivity contribution in [2.45, 2.75) is 39.2 Å². The van der Waals surface area contributed by atoms with Gasteiger partial charge in [0.15, 0.2) is 0 Å². The lowest BCUT2D eigenvalue weighted by Gasteiger charge is -2.23. The van der Waals surface area contributed by atoms with E-state index in [4.69, 9.17) is 5.11 Å². The van der Waals surface area contributed by atoms with E-state index < -0.39 is 0 Å². The van der Waals surface area contributed by atoms with Gasteiger partial charge in [0.05, 0.1) is 0 Å². The molecule has 0 unspecified atom stereocenters. The molecule has 1 saturated carbocycles. The van der Waals surface area contributed by atoms with Crippen LogP contribution in [-0.2, 0) is 0 Å². The fourth-order valence-corrected chi connectivity index (χ4v) is 2.88. The molecule has 3 nitrogen and oxygen atoms in total. The largest absolute Gasteiger partial charge is 0.384 e. The predicted octanol–water partition coefficient (Wildman–Crippen LogP) is 2.74. The number of carbonyl (C=O) groups excluding carboxylic acids is 1. The van der Waals surface area contributed by atoms with E-state index in [2.05, 4.69) is 25.7 Å². The molecule has 1 aromatic rings. The van der Waals surface area contributed by atoms with Gasteiger partial charge in [0.25, 0.3) is 5.91 Å². The monoisotopic (exact) mass is 291 g/mol. The minimum absolute atomic E-state index is 0.102. The molecule has 2 rings (SSSR count). The third kappa shape index (κ3) is 3.84. The lowest BCUT2D eigenvalue weighted by atomic mass is 10.1. The highest BCUT2D eigenvalue weighted by molar-refractivity contribution is 7.12. The van der Waals surface area contributed by atoms with Gasteiger partial charge in [-0.3, -0.25) is 4.79 Å². The van der Waals surface area contributed by atoms with E-state index >= 15 is 0 Å². The number of amides is 1. The summed E-state index contributed by atoms with van der Waals surface area (Å²) in [6.07, 6.45) is 3.27. The van der Waals surface area contributed by atoms with Gasteiger partial charge in [-0.2, -0.15) is 0 Å². The van der Waals surface area contributed by atoms with E-state index in [1.165, 1.54) is 11.3 Å². The van der Waals surface area contributed by atoms with Crippen molar-refractivity contribution in [3.63, 3.8) is 0 Å². The molecule has 1 fully saturated rings. The molecule has 1 amide bonds. The van der Waals surface area contributed by atoms with Crippen molar-refractivity contribution in [1.82, 2.24) is 4.90 Å². The Balaban J connectivity index is 2.13. The summed E-state index contributed by atoms with van der Waals surface area (Å²) < 4.78 is 0. The predicted molar refractivity (Wildman–Crippen MR) is 81.8 cm³/mol. The van der Waals surface area contributed by atoms with Crippen LogP contribution in [0.15, 0.2) is 11.4 Å². The number of hydrogen-bond donors (Lipinski definition) is 1. The summed E-state index contributed by atoms with van der Waals surface area (Å²) in [5.41, 5.74) is 0.740. The molecule has 1 aliphatic carbocycles. The Kier molecular flexibility index (Phi) is 5.22. The van der Waals surface area contributed by atoms with Crippen LogP contribution in [0.1, 0.15) is 48.3 Å². The molecule has 4 heteroatoms. The summed E-state index contributed by atoms with van der Waals surface area (Å²) in [5.74, 6) is 6.19. The first-order chi connectivity index (χ1) is 9.63. The molecule has 0 saturated heterocycles. The van der Waals surface area contributed by atoms with Crippen LogP contribution in [0.5, 0.6) is 0 Å². The Hall–Kier alpha value is -1.31. The van der Waals surface area contributed by atoms with Crippen molar-refractivity contribution >= 4 is 17.2 Å². The van der Waals surface area contributed by atoms with Crippen LogP contribution in [0.3, 0.4) is 0 Å². The van der Waals surface area contributed by atoms with Crippen LogP contribution in [-0.4, -0.2) is 35.1 Å². The van der Waals surface area contributed by atoms with Crippen LogP contribution in [0.2, 0.25) is 0 Å². The Bertz CT molecular complexity index is 520. The van der Waals surface area contributed by atoms with E-state index in [1.54, 1.807) is 0 Å². The Labute approximate surface area is 124 Å². The molecule has 20 heavy (non-hydrogen) atoms. The molecule has 1 aliphatic rings. The van der Waals surface area contributed by atoms with Gasteiger partial charge >= 0.3 is 0 Å². The van der Waals surface area contributed by atoms with Crippen LogP contribution in [0.4, 0.5) is 0 Å². The summed E-state index contributed by atoms with van der Waals surface area (Å²) in [5, 5.41) is 10.7. The van der Waals surface area contributed by atoms with Crippen molar-refractivity contribution < 1.29 is 9.90 Å². The number of nitrogens with zero attached hydrogens (tertiary/aromatic N) is 1. The van der Waals surface area contributed by atoms with Crippen molar-refractivity contribution in [2.75, 3.05) is 13.2 Å². The first-order valence-corrected chi connectivity index (χ1v) is 7.99. The van der Waals surface area contributed by atoms with Gasteiger partial charge < -0.3 is 10.0 Å². The third-order valence-corrected chi connectivity index (χ3v) is 4.26. The highest BCUT2D eigenvalue weighted by Crippen LogP contribution is 2.30. The maximum Gasteiger partial charge on any atom is 0.265 e. The summed E-state index contributed by atoms with van der Waals surface area (Å²) in [7, 11) is 0. The maximum atomic E-state index is 12.7. The molecule has 0 aromatic carbocycles. The standard InChI is InChI=1S/C16H21NO2S/c1-12(2)7-9-17(14-5-6-14)16(19)15-13(4-3-10-18)8-11-20-15/h8,11-12,14,18H,5-7,9-10H2,1-2H3. The number of carbonyl (C=O) groups is 1. The third-order valence-electron chi connectivity index (χ3n) is 3.36. The topological polar surface area (TPSA) is 40.5 Å². The zero-order valence-corrected chi connectivity index (χ0v) is 12.9. The smallest absolute Gasteiger partial charge is 0.265 e. The zero-order chi connectivity index (χ0) is 14.5. The number of aliphatic hydroxyl groups is 1. The van der Waals surface area contributed by atoms with Gasteiger partial charge in [0.1, 0.15) is 11.5 Å². The zero-order valence-electron chi connectivity index (χ0n) is 12.1. The quantitative estimate of drug-likeness (QED) is 0.847. The molecule has 1 N–H and O–H groups in total. The van der Waals surface area contributed by atoms with Gasteiger partial charge in [-0.15, -0.1) is 11.3 Å². The Morgan fingerprint density at radius 2 is 2.30 bits per heavy atom. The van der Waals surface area contributed by atoms with Crippen LogP contribution in [0.25, 0.3) is 0 Å². The van der Waals surface area contributed by atoms with E-state index in [-0.39, 0.29) is 12.5 Å². The van der Waals surface area contributed by atoms with Gasteiger partial charge in [0, 0.05) is 18.2 Å². The average Bonchev–Trinajstić information content (AvgIpc) is 3.14. The number of aliphatic hydroxyl groups excluding tert-OH is 1. The first kappa shape index (κ1) is 15.1. The normalized spacial score (nSPS) is 14.0. The second-order valence-corrected chi connectivity index (χ2v) is 6.45. The second-order valence-electron chi connectivity index (χ2n) is 5.54. The molecule has 0 atom stereocenters. The molecule has 108 valence electrons. The lowest BCUT2D eigenvalue weighted by Crippen LogP contribution is -2.34. The minimum atomic E-state index is -0.177. The van der Waals surface area contributed by atoms with Crippen molar-refractivity contribution in [3.8, 4) is 11.8 Å². The fraction of sp³-hybridized carbons (Fsp3) is 0.562. The highest BCUT2D eigenvalue weighted by atomic mass is 32.1. The van der Waals surface area contributed by atoms with Crippen molar-refractivity contribution in [3.05, 3.63) is 21.9 Å². The number of rotatable bonds is 5. The number of hydrogen-bond acceptors (Lipinski definition) is 3. The SMILES string of the molecule is CC(C)CCN(C(=O)c1sccc1C#CCO)C1CC1. The van der Waals surface area contributed by atoms with Crippen molar-refractivity contribution in [2.24, 2.45) is 5.92 Å². The molecule has 0 bridgehead atoms. The van der Waals surface area contributed by atoms with Gasteiger partial charge in [0.2, 0.25) is 0 Å². The van der Waals surface area contributed by atoms with E-state index in [0.717, 1.165) is 31.4 Å². The Morgan fingerprint density at radius 3 is 2.90 bits per heavy atom. The van der Waals surface area contributed by atoms with Crippen LogP contribution >= 0.6 is 11.3 Å². The molecule has 0 spiro atoms. The highest BCUT2D eigenvalue weighted by Gasteiger charge is 2.33. The molecule has 0 radical (unpaired) electrons. The molecular weight excluding hydrogens is 270 g/mol. The lowest BCUT2D eigenvalue weighted by molar-refractivity contribution is 0.0740. The summed E-state index contributed by atoms with van der Waals surface area (Å²) in [6, 6.07) is 2.27. The summed E-state index contributed by atoms with van der Waals surface area (Å²) in [4.78, 5) is 15.4. The minimum Gasteiger partial charge on any atom is -0.384 e. The molecule has 0 aliphatic heterocycles. The molecule has 1 aromatic heterocycles. The maximum absolute atomic E-state index is 12.7. The first-order valence-electron chi connectivity index (χ1n) is 7.11.